The van der Waals surface area contributed by atoms with Gasteiger partial charge in [-0.25, -0.2) is 4.79 Å². The molecule has 6 nitrogen and oxygen atoms in total. The summed E-state index contributed by atoms with van der Waals surface area (Å²) in [5.74, 6) is 0.372. The topological polar surface area (TPSA) is 78.9 Å². The van der Waals surface area contributed by atoms with Crippen LogP contribution in [0.5, 0.6) is 5.75 Å². The molecule has 1 fully saturated rings. The van der Waals surface area contributed by atoms with E-state index >= 15 is 0 Å². The lowest BCUT2D eigenvalue weighted by molar-refractivity contribution is -0.133. The Morgan fingerprint density at radius 3 is 2.66 bits per heavy atom. The van der Waals surface area contributed by atoms with E-state index in [4.69, 9.17) is 4.74 Å². The molecule has 1 spiro atoms. The molecule has 2 atom stereocenters. The Morgan fingerprint density at radius 1 is 1.17 bits per heavy atom. The second-order valence-electron chi connectivity index (χ2n) is 8.05. The van der Waals surface area contributed by atoms with Crippen molar-refractivity contribution >= 4 is 11.9 Å². The number of β-amino-alcohol motifs (C(OH)–C–C–N with tert-alkyl or cyclic N) is 1. The van der Waals surface area contributed by atoms with Gasteiger partial charge in [0.05, 0.1) is 6.54 Å². The average molecular weight is 394 g/mol. The van der Waals surface area contributed by atoms with Crippen molar-refractivity contribution in [2.45, 2.75) is 44.8 Å². The molecule has 2 N–H and O–H groups in total. The summed E-state index contributed by atoms with van der Waals surface area (Å²) >= 11 is 0. The third-order valence-electron chi connectivity index (χ3n) is 5.68. The van der Waals surface area contributed by atoms with Crippen LogP contribution in [-0.4, -0.2) is 41.2 Å². The molecule has 1 saturated heterocycles. The summed E-state index contributed by atoms with van der Waals surface area (Å²) in [4.78, 5) is 27.0. The van der Waals surface area contributed by atoms with Gasteiger partial charge in [0.1, 0.15) is 24.0 Å². The molecule has 0 unspecified atom stereocenters. The average Bonchev–Trinajstić information content (AvgIpc) is 2.91. The molecule has 0 aromatic heterocycles. The first-order valence-electron chi connectivity index (χ1n) is 10.0. The number of urea groups is 1. The van der Waals surface area contributed by atoms with Crippen molar-refractivity contribution in [3.05, 3.63) is 64.7 Å². The van der Waals surface area contributed by atoms with Crippen LogP contribution in [0.25, 0.3) is 0 Å². The zero-order valence-electron chi connectivity index (χ0n) is 16.8. The number of aliphatic hydroxyl groups is 1. The maximum atomic E-state index is 13.2. The number of ether oxygens (including phenoxy) is 1. The van der Waals surface area contributed by atoms with Crippen molar-refractivity contribution < 1.29 is 19.4 Å². The molecule has 152 valence electrons. The Hall–Kier alpha value is -2.86. The summed E-state index contributed by atoms with van der Waals surface area (Å²) in [5, 5.41) is 13.3. The van der Waals surface area contributed by atoms with E-state index < -0.39 is 17.7 Å². The second kappa shape index (κ2) is 7.52. The highest BCUT2D eigenvalue weighted by molar-refractivity contribution is 6.07. The number of nitrogens with one attached hydrogen (secondary N) is 1. The fourth-order valence-corrected chi connectivity index (χ4v) is 4.45. The molecule has 4 rings (SSSR count). The summed E-state index contributed by atoms with van der Waals surface area (Å²) in [6.45, 7) is 3.86. The number of amides is 3. The van der Waals surface area contributed by atoms with Crippen molar-refractivity contribution in [3.8, 4) is 5.75 Å². The van der Waals surface area contributed by atoms with E-state index in [1.165, 1.54) is 0 Å². The predicted molar refractivity (Wildman–Crippen MR) is 109 cm³/mol. The third kappa shape index (κ3) is 3.60. The van der Waals surface area contributed by atoms with Crippen LogP contribution in [-0.2, 0) is 16.8 Å². The standard InChI is InChI=1S/C23H26N2O4/c1-15-10-16(2)12-19(11-15)29-14-18(26)13-25-21(27)23(24-22(25)28)9-5-7-17-6-3-4-8-20(17)23/h3-4,6,8,10-12,18,26H,5,7,9,13-14H2,1-2H3,(H,24,28)/t18-,23+/m1/s1. The Morgan fingerprint density at radius 2 is 1.90 bits per heavy atom. The van der Waals surface area contributed by atoms with Gasteiger partial charge in [0, 0.05) is 0 Å². The number of fused-ring (bicyclic) bond motifs is 2. The van der Waals surface area contributed by atoms with Crippen LogP contribution in [0.2, 0.25) is 0 Å². The molecular formula is C23H26N2O4. The Labute approximate surface area is 170 Å². The molecule has 2 aliphatic rings. The monoisotopic (exact) mass is 394 g/mol. The van der Waals surface area contributed by atoms with Crippen LogP contribution in [0.15, 0.2) is 42.5 Å². The van der Waals surface area contributed by atoms with E-state index in [2.05, 4.69) is 5.32 Å². The lowest BCUT2D eigenvalue weighted by Crippen LogP contribution is -2.47. The van der Waals surface area contributed by atoms with E-state index in [-0.39, 0.29) is 19.1 Å². The largest absolute Gasteiger partial charge is 0.491 e. The number of carbonyl (C=O) groups excluding carboxylic acids is 2. The summed E-state index contributed by atoms with van der Waals surface area (Å²) in [6.07, 6.45) is 1.32. The van der Waals surface area contributed by atoms with Crippen LogP contribution in [0.1, 0.15) is 35.1 Å². The number of rotatable bonds is 5. The molecule has 2 aromatic rings. The minimum atomic E-state index is -1.01. The summed E-state index contributed by atoms with van der Waals surface area (Å²) in [5.41, 5.74) is 3.09. The van der Waals surface area contributed by atoms with Gasteiger partial charge in [0.15, 0.2) is 0 Å². The molecule has 0 bridgehead atoms. The van der Waals surface area contributed by atoms with Crippen molar-refractivity contribution in [1.29, 1.82) is 0 Å². The fourth-order valence-electron chi connectivity index (χ4n) is 4.45. The lowest BCUT2D eigenvalue weighted by atomic mass is 9.76. The van der Waals surface area contributed by atoms with Crippen LogP contribution >= 0.6 is 0 Å². The van der Waals surface area contributed by atoms with Gasteiger partial charge >= 0.3 is 6.03 Å². The van der Waals surface area contributed by atoms with E-state index in [9.17, 15) is 14.7 Å². The predicted octanol–water partition coefficient (Wildman–Crippen LogP) is 2.83. The highest BCUT2D eigenvalue weighted by Crippen LogP contribution is 2.39. The SMILES string of the molecule is Cc1cc(C)cc(OC[C@H](O)CN2C(=O)N[C@]3(CCCc4ccccc43)C2=O)c1. The van der Waals surface area contributed by atoms with Crippen molar-refractivity contribution in [2.24, 2.45) is 0 Å². The quantitative estimate of drug-likeness (QED) is 0.765. The Bertz CT molecular complexity index is 937. The van der Waals surface area contributed by atoms with Crippen LogP contribution in [0, 0.1) is 13.8 Å². The second-order valence-corrected chi connectivity index (χ2v) is 8.05. The van der Waals surface area contributed by atoms with Gasteiger partial charge in [-0.05, 0) is 67.5 Å². The molecule has 1 aliphatic carbocycles. The van der Waals surface area contributed by atoms with Gasteiger partial charge < -0.3 is 15.2 Å². The summed E-state index contributed by atoms with van der Waals surface area (Å²) in [7, 11) is 0. The summed E-state index contributed by atoms with van der Waals surface area (Å²) < 4.78 is 5.68. The Balaban J connectivity index is 1.46. The van der Waals surface area contributed by atoms with Gasteiger partial charge in [-0.1, -0.05) is 30.3 Å². The third-order valence-corrected chi connectivity index (χ3v) is 5.68. The molecule has 3 amide bonds. The maximum absolute atomic E-state index is 13.2. The molecule has 0 saturated carbocycles. The van der Waals surface area contributed by atoms with Gasteiger partial charge in [-0.2, -0.15) is 0 Å². The normalized spacial score (nSPS) is 21.8. The van der Waals surface area contributed by atoms with Crippen molar-refractivity contribution in [2.75, 3.05) is 13.2 Å². The number of benzene rings is 2. The fraction of sp³-hybridized carbons (Fsp3) is 0.391. The minimum Gasteiger partial charge on any atom is -0.491 e. The number of carbonyl (C=O) groups is 2. The zero-order valence-corrected chi connectivity index (χ0v) is 16.8. The number of nitrogens with zero attached hydrogens (tertiary/aromatic N) is 1. The highest BCUT2D eigenvalue weighted by atomic mass is 16.5. The maximum Gasteiger partial charge on any atom is 0.325 e. The number of aryl methyl sites for hydroxylation is 3. The van der Waals surface area contributed by atoms with Crippen molar-refractivity contribution in [1.82, 2.24) is 10.2 Å². The van der Waals surface area contributed by atoms with Gasteiger partial charge in [-0.3, -0.25) is 9.69 Å². The van der Waals surface area contributed by atoms with E-state index in [1.54, 1.807) is 0 Å². The van der Waals surface area contributed by atoms with E-state index in [1.807, 2.05) is 56.3 Å². The summed E-state index contributed by atoms with van der Waals surface area (Å²) in [6, 6.07) is 13.1. The molecule has 29 heavy (non-hydrogen) atoms. The van der Waals surface area contributed by atoms with Gasteiger partial charge in [-0.15, -0.1) is 0 Å². The van der Waals surface area contributed by atoms with E-state index in [0.29, 0.717) is 12.2 Å². The number of aliphatic hydroxyl groups excluding tert-OH is 1. The number of imide groups is 1. The molecule has 1 heterocycles. The minimum absolute atomic E-state index is 0.00351. The first-order valence-corrected chi connectivity index (χ1v) is 10.0. The van der Waals surface area contributed by atoms with Crippen LogP contribution in [0.3, 0.4) is 0 Å². The van der Waals surface area contributed by atoms with E-state index in [0.717, 1.165) is 40.0 Å². The smallest absolute Gasteiger partial charge is 0.325 e. The zero-order chi connectivity index (χ0) is 20.6. The molecule has 6 heteroatoms. The number of hydrogen-bond donors (Lipinski definition) is 2. The first kappa shape index (κ1) is 19.5. The number of hydrogen-bond acceptors (Lipinski definition) is 4. The highest BCUT2D eigenvalue weighted by Gasteiger charge is 2.54. The van der Waals surface area contributed by atoms with Crippen LogP contribution < -0.4 is 10.1 Å². The molecular weight excluding hydrogens is 368 g/mol. The molecule has 0 radical (unpaired) electrons. The first-order chi connectivity index (χ1) is 13.9. The molecule has 2 aromatic carbocycles. The lowest BCUT2D eigenvalue weighted by Gasteiger charge is -2.33. The van der Waals surface area contributed by atoms with Crippen molar-refractivity contribution in [3.63, 3.8) is 0 Å². The van der Waals surface area contributed by atoms with Crippen LogP contribution in [0.4, 0.5) is 4.79 Å². The van der Waals surface area contributed by atoms with Gasteiger partial charge in [0.2, 0.25) is 0 Å². The Kier molecular flexibility index (Phi) is 5.04. The van der Waals surface area contributed by atoms with Gasteiger partial charge in [0.25, 0.3) is 5.91 Å². The molecule has 1 aliphatic heterocycles.